The third kappa shape index (κ3) is 1.42. The molecule has 2 heterocycles. The first kappa shape index (κ1) is 9.30. The first-order valence-electron chi connectivity index (χ1n) is 3.66. The van der Waals surface area contributed by atoms with Gasteiger partial charge in [0.25, 0.3) is 0 Å². The number of nitroso groups, excluding NO2 is 1. The van der Waals surface area contributed by atoms with Crippen molar-refractivity contribution in [2.75, 3.05) is 0 Å². The van der Waals surface area contributed by atoms with Gasteiger partial charge < -0.3 is 0 Å². The second kappa shape index (κ2) is 3.48. The number of halogens is 2. The van der Waals surface area contributed by atoms with Crippen molar-refractivity contribution in [3.05, 3.63) is 33.4 Å². The van der Waals surface area contributed by atoms with Gasteiger partial charge in [-0.1, -0.05) is 23.2 Å². The van der Waals surface area contributed by atoms with Crippen molar-refractivity contribution in [1.82, 2.24) is 9.97 Å². The molecule has 2 aromatic heterocycles. The van der Waals surface area contributed by atoms with E-state index >= 15 is 0 Å². The lowest BCUT2D eigenvalue weighted by molar-refractivity contribution is 1.31. The van der Waals surface area contributed by atoms with Gasteiger partial charge in [0.2, 0.25) is 0 Å². The average molecular weight is 228 g/mol. The molecule has 0 atom stereocenters. The van der Waals surface area contributed by atoms with Crippen LogP contribution in [0, 0.1) is 4.91 Å². The number of aromatic nitrogens is 2. The molecule has 0 spiro atoms. The van der Waals surface area contributed by atoms with E-state index in [1.807, 2.05) is 0 Å². The van der Waals surface area contributed by atoms with E-state index in [4.69, 9.17) is 23.2 Å². The van der Waals surface area contributed by atoms with Gasteiger partial charge in [-0.2, -0.15) is 0 Å². The topological polar surface area (TPSA) is 55.2 Å². The zero-order chi connectivity index (χ0) is 10.1. The molecule has 0 aliphatic carbocycles. The van der Waals surface area contributed by atoms with Gasteiger partial charge in [0.15, 0.2) is 0 Å². The Morgan fingerprint density at radius 3 is 2.79 bits per heavy atom. The fourth-order valence-corrected chi connectivity index (χ4v) is 1.44. The quantitative estimate of drug-likeness (QED) is 0.555. The molecule has 0 radical (unpaired) electrons. The monoisotopic (exact) mass is 227 g/mol. The Bertz CT molecular complexity index is 515. The van der Waals surface area contributed by atoms with Crippen molar-refractivity contribution in [3.8, 4) is 0 Å². The summed E-state index contributed by atoms with van der Waals surface area (Å²) in [4.78, 5) is 18.2. The van der Waals surface area contributed by atoms with Crippen LogP contribution in [0.2, 0.25) is 10.2 Å². The maximum absolute atomic E-state index is 10.3. The second-order valence-corrected chi connectivity index (χ2v) is 3.32. The fourth-order valence-electron chi connectivity index (χ4n) is 1.07. The van der Waals surface area contributed by atoms with Gasteiger partial charge in [0, 0.05) is 0 Å². The Morgan fingerprint density at radius 2 is 2.07 bits per heavy atom. The second-order valence-electron chi connectivity index (χ2n) is 2.55. The van der Waals surface area contributed by atoms with Crippen LogP contribution in [0.4, 0.5) is 5.69 Å². The van der Waals surface area contributed by atoms with Crippen molar-refractivity contribution in [2.24, 2.45) is 5.18 Å². The highest BCUT2D eigenvalue weighted by molar-refractivity contribution is 6.37. The number of rotatable bonds is 1. The van der Waals surface area contributed by atoms with Crippen molar-refractivity contribution >= 4 is 39.9 Å². The summed E-state index contributed by atoms with van der Waals surface area (Å²) in [6, 6.07) is 3.27. The summed E-state index contributed by atoms with van der Waals surface area (Å²) in [6.45, 7) is 0. The molecule has 6 heteroatoms. The summed E-state index contributed by atoms with van der Waals surface area (Å²) in [5.41, 5.74) is 1.03. The molecule has 0 saturated carbocycles. The van der Waals surface area contributed by atoms with E-state index in [-0.39, 0.29) is 10.7 Å². The van der Waals surface area contributed by atoms with Gasteiger partial charge in [-0.25, -0.2) is 4.98 Å². The molecule has 4 nitrogen and oxygen atoms in total. The van der Waals surface area contributed by atoms with E-state index in [1.54, 1.807) is 12.1 Å². The van der Waals surface area contributed by atoms with E-state index in [0.717, 1.165) is 0 Å². The number of hydrogen-bond donors (Lipinski definition) is 0. The van der Waals surface area contributed by atoms with E-state index in [2.05, 4.69) is 15.1 Å². The standard InChI is InChI=1S/C8H3Cl2N3O/c9-6-2-1-4-8(12-6)7(10)5(13-14)3-11-4/h1-3H. The molecule has 0 fully saturated rings. The summed E-state index contributed by atoms with van der Waals surface area (Å²) in [6.07, 6.45) is 1.30. The van der Waals surface area contributed by atoms with Crippen LogP contribution < -0.4 is 0 Å². The van der Waals surface area contributed by atoms with Crippen molar-refractivity contribution in [1.29, 1.82) is 0 Å². The molecule has 0 N–H and O–H groups in total. The SMILES string of the molecule is O=Nc1cnc2ccc(Cl)nc2c1Cl. The van der Waals surface area contributed by atoms with Crippen LogP contribution in [0.5, 0.6) is 0 Å². The maximum Gasteiger partial charge on any atom is 0.147 e. The minimum atomic E-state index is 0.0638. The highest BCUT2D eigenvalue weighted by Crippen LogP contribution is 2.30. The van der Waals surface area contributed by atoms with Crippen molar-refractivity contribution < 1.29 is 0 Å². The number of fused-ring (bicyclic) bond motifs is 1. The molecule has 0 unspecified atom stereocenters. The molecule has 14 heavy (non-hydrogen) atoms. The van der Waals surface area contributed by atoms with Crippen LogP contribution in [0.1, 0.15) is 0 Å². The summed E-state index contributed by atoms with van der Waals surface area (Å²) in [5, 5.41) is 3.19. The lowest BCUT2D eigenvalue weighted by Gasteiger charge is -2.00. The number of nitrogens with zero attached hydrogens (tertiary/aromatic N) is 3. The predicted molar refractivity (Wildman–Crippen MR) is 55.0 cm³/mol. The Morgan fingerprint density at radius 1 is 1.29 bits per heavy atom. The van der Waals surface area contributed by atoms with Crippen molar-refractivity contribution in [3.63, 3.8) is 0 Å². The maximum atomic E-state index is 10.3. The van der Waals surface area contributed by atoms with Crippen LogP contribution in [0.25, 0.3) is 11.0 Å². The van der Waals surface area contributed by atoms with Gasteiger partial charge >= 0.3 is 0 Å². The van der Waals surface area contributed by atoms with Crippen LogP contribution in [0.3, 0.4) is 0 Å². The summed E-state index contributed by atoms with van der Waals surface area (Å²) >= 11 is 11.5. The molecule has 2 rings (SSSR count). The Kier molecular flexibility index (Phi) is 2.31. The first-order chi connectivity index (χ1) is 6.72. The molecular formula is C8H3Cl2N3O. The highest BCUT2D eigenvalue weighted by atomic mass is 35.5. The summed E-state index contributed by atoms with van der Waals surface area (Å²) < 4.78 is 0. The lowest BCUT2D eigenvalue weighted by atomic mass is 10.3. The molecule has 70 valence electrons. The van der Waals surface area contributed by atoms with Gasteiger partial charge in [0.1, 0.15) is 16.4 Å². The molecule has 0 saturated heterocycles. The minimum absolute atomic E-state index is 0.0638. The first-order valence-corrected chi connectivity index (χ1v) is 4.42. The molecule has 0 aliphatic heterocycles. The average Bonchev–Trinajstić information content (AvgIpc) is 2.20. The normalized spacial score (nSPS) is 10.4. The van der Waals surface area contributed by atoms with E-state index in [1.165, 1.54) is 6.20 Å². The van der Waals surface area contributed by atoms with Crippen LogP contribution >= 0.6 is 23.2 Å². The third-order valence-electron chi connectivity index (χ3n) is 1.70. The zero-order valence-corrected chi connectivity index (χ0v) is 8.25. The van der Waals surface area contributed by atoms with Crippen LogP contribution in [-0.2, 0) is 0 Å². The largest absolute Gasteiger partial charge is 0.252 e. The van der Waals surface area contributed by atoms with Gasteiger partial charge in [-0.05, 0) is 17.3 Å². The van der Waals surface area contributed by atoms with E-state index in [9.17, 15) is 4.91 Å². The van der Waals surface area contributed by atoms with Gasteiger partial charge in [-0.15, -0.1) is 4.91 Å². The molecule has 0 aliphatic rings. The summed E-state index contributed by atoms with van der Waals surface area (Å²) in [5.74, 6) is 0. The molecule has 0 bridgehead atoms. The zero-order valence-electron chi connectivity index (χ0n) is 6.74. The van der Waals surface area contributed by atoms with Crippen LogP contribution in [0.15, 0.2) is 23.5 Å². The molecular weight excluding hydrogens is 225 g/mol. The van der Waals surface area contributed by atoms with Gasteiger partial charge in [-0.3, -0.25) is 4.98 Å². The predicted octanol–water partition coefficient (Wildman–Crippen LogP) is 3.33. The lowest BCUT2D eigenvalue weighted by Crippen LogP contribution is -1.84. The Labute approximate surface area is 88.9 Å². The van der Waals surface area contributed by atoms with Gasteiger partial charge in [0.05, 0.1) is 16.7 Å². The molecule has 0 aromatic carbocycles. The number of hydrogen-bond acceptors (Lipinski definition) is 4. The van der Waals surface area contributed by atoms with E-state index < -0.39 is 0 Å². The highest BCUT2D eigenvalue weighted by Gasteiger charge is 2.08. The molecule has 2 aromatic rings. The van der Waals surface area contributed by atoms with Crippen LogP contribution in [-0.4, -0.2) is 9.97 Å². The Balaban J connectivity index is 2.86. The third-order valence-corrected chi connectivity index (χ3v) is 2.28. The number of pyridine rings is 2. The fraction of sp³-hybridized carbons (Fsp3) is 0. The smallest absolute Gasteiger partial charge is 0.147 e. The van der Waals surface area contributed by atoms with E-state index in [0.29, 0.717) is 16.2 Å². The summed E-state index contributed by atoms with van der Waals surface area (Å²) in [7, 11) is 0. The minimum Gasteiger partial charge on any atom is -0.252 e. The molecule has 0 amide bonds. The Hall–Kier alpha value is -1.26. The van der Waals surface area contributed by atoms with Crippen molar-refractivity contribution in [2.45, 2.75) is 0 Å².